The summed E-state index contributed by atoms with van der Waals surface area (Å²) in [5, 5.41) is 9.45. The first-order valence-electron chi connectivity index (χ1n) is 12.2. The summed E-state index contributed by atoms with van der Waals surface area (Å²) in [7, 11) is 1.79. The Balaban J connectivity index is 1.34. The van der Waals surface area contributed by atoms with Gasteiger partial charge in [0.25, 0.3) is 0 Å². The molecule has 3 heterocycles. The highest BCUT2D eigenvalue weighted by Gasteiger charge is 2.25. The van der Waals surface area contributed by atoms with Gasteiger partial charge in [0, 0.05) is 25.3 Å². The number of carbonyl (C=O) groups is 1. The van der Waals surface area contributed by atoms with E-state index in [1.54, 1.807) is 7.05 Å². The zero-order valence-corrected chi connectivity index (χ0v) is 20.3. The van der Waals surface area contributed by atoms with Crippen LogP contribution >= 0.6 is 0 Å². The van der Waals surface area contributed by atoms with Crippen molar-refractivity contribution in [2.75, 3.05) is 30.8 Å². The Labute approximate surface area is 200 Å². The Morgan fingerprint density at radius 3 is 2.68 bits per heavy atom. The quantitative estimate of drug-likeness (QED) is 0.501. The molecular formula is C25H34N8O. The van der Waals surface area contributed by atoms with Gasteiger partial charge in [-0.15, -0.1) is 0 Å². The van der Waals surface area contributed by atoms with Crippen LogP contribution in [0, 0.1) is 5.41 Å². The predicted molar refractivity (Wildman–Crippen MR) is 134 cm³/mol. The maximum absolute atomic E-state index is 12.8. The Morgan fingerprint density at radius 2 is 1.97 bits per heavy atom. The number of nitrogens with zero attached hydrogens (tertiary/aromatic N) is 5. The van der Waals surface area contributed by atoms with Crippen LogP contribution in [0.4, 0.5) is 22.2 Å². The second kappa shape index (κ2) is 9.21. The second-order valence-electron chi connectivity index (χ2n) is 10.3. The van der Waals surface area contributed by atoms with Crippen LogP contribution in [0.25, 0.3) is 11.2 Å². The number of rotatable bonds is 6. The molecule has 1 aliphatic heterocycles. The number of benzene rings is 1. The molecule has 0 bridgehead atoms. The fraction of sp³-hybridized carbons (Fsp3) is 0.520. The van der Waals surface area contributed by atoms with E-state index in [9.17, 15) is 4.79 Å². The minimum atomic E-state index is -0.203. The van der Waals surface area contributed by atoms with E-state index >= 15 is 0 Å². The van der Waals surface area contributed by atoms with Crippen LogP contribution in [0.5, 0.6) is 0 Å². The third-order valence-electron chi connectivity index (χ3n) is 7.08. The minimum absolute atomic E-state index is 0.203. The molecule has 9 heteroatoms. The van der Waals surface area contributed by atoms with E-state index in [2.05, 4.69) is 67.8 Å². The summed E-state index contributed by atoms with van der Waals surface area (Å²) >= 11 is 0. The van der Waals surface area contributed by atoms with Crippen molar-refractivity contribution in [3.8, 4) is 0 Å². The lowest BCUT2D eigenvalue weighted by molar-refractivity contribution is 0.127. The van der Waals surface area contributed by atoms with Gasteiger partial charge in [-0.3, -0.25) is 4.90 Å². The van der Waals surface area contributed by atoms with Gasteiger partial charge < -0.3 is 16.0 Å². The third kappa shape index (κ3) is 4.84. The Hall–Kier alpha value is -3.20. The average Bonchev–Trinajstić information content (AvgIpc) is 3.21. The van der Waals surface area contributed by atoms with Crippen molar-refractivity contribution in [3.63, 3.8) is 0 Å². The van der Waals surface area contributed by atoms with E-state index in [1.165, 1.54) is 29.3 Å². The van der Waals surface area contributed by atoms with E-state index in [0.717, 1.165) is 44.6 Å². The molecule has 2 aliphatic rings. The number of aromatic nitrogens is 4. The lowest BCUT2D eigenvalue weighted by Crippen LogP contribution is -2.41. The number of amides is 1. The topological polar surface area (TPSA) is 100 Å². The molecule has 1 saturated heterocycles. The zero-order chi connectivity index (χ0) is 23.7. The smallest absolute Gasteiger partial charge is 0.328 e. The highest BCUT2D eigenvalue weighted by molar-refractivity contribution is 5.92. The van der Waals surface area contributed by atoms with Gasteiger partial charge in [-0.2, -0.15) is 9.97 Å². The minimum Gasteiger partial charge on any atom is -0.371 e. The molecule has 5 rings (SSSR count). The molecule has 0 radical (unpaired) electrons. The molecule has 1 aromatic carbocycles. The molecule has 180 valence electrons. The molecule has 3 aromatic rings. The molecule has 3 N–H and O–H groups in total. The first-order valence-corrected chi connectivity index (χ1v) is 12.2. The molecule has 1 amide bonds. The first-order chi connectivity index (χ1) is 16.4. The van der Waals surface area contributed by atoms with Gasteiger partial charge in [-0.25, -0.2) is 14.3 Å². The van der Waals surface area contributed by atoms with Gasteiger partial charge in [0.2, 0.25) is 5.95 Å². The molecule has 1 saturated carbocycles. The highest BCUT2D eigenvalue weighted by Crippen LogP contribution is 2.30. The van der Waals surface area contributed by atoms with Crippen LogP contribution in [0.3, 0.4) is 0 Å². The molecule has 0 atom stereocenters. The summed E-state index contributed by atoms with van der Waals surface area (Å²) in [5.41, 5.74) is 3.66. The first kappa shape index (κ1) is 22.6. The second-order valence-corrected chi connectivity index (χ2v) is 10.3. The van der Waals surface area contributed by atoms with Crippen LogP contribution in [-0.2, 0) is 6.54 Å². The maximum atomic E-state index is 12.8. The van der Waals surface area contributed by atoms with Crippen molar-refractivity contribution in [3.05, 3.63) is 36.2 Å². The fourth-order valence-corrected chi connectivity index (χ4v) is 4.53. The van der Waals surface area contributed by atoms with Crippen molar-refractivity contribution in [2.45, 2.75) is 58.5 Å². The number of piperidine rings is 1. The molecule has 0 unspecified atom stereocenters. The summed E-state index contributed by atoms with van der Waals surface area (Å²) in [5.74, 6) is 1.00. The normalized spacial score (nSPS) is 18.4. The van der Waals surface area contributed by atoms with Gasteiger partial charge in [0.05, 0.1) is 0 Å². The summed E-state index contributed by atoms with van der Waals surface area (Å²) in [6.07, 6.45) is 7.17. The van der Waals surface area contributed by atoms with E-state index in [1.807, 2.05) is 6.07 Å². The number of hydrogen-bond donors (Lipinski definition) is 3. The van der Waals surface area contributed by atoms with Gasteiger partial charge >= 0.3 is 6.03 Å². The Morgan fingerprint density at radius 1 is 1.18 bits per heavy atom. The molecule has 2 aromatic heterocycles. The molecular weight excluding hydrogens is 428 g/mol. The average molecular weight is 463 g/mol. The standard InChI is InChI=1S/C25H34N8O/c1-25(2)10-12-32(13-11-25)15-17-6-4-9-19(14-17)28-23-30-21(26-3)20-22(31-23)33(16-27-20)24(34)29-18-7-5-8-18/h4,6,9,14,16,18H,5,7-8,10-13,15H2,1-3H3,(H,29,34)(H2,26,28,30,31). The van der Waals surface area contributed by atoms with Gasteiger partial charge in [-0.05, 0) is 68.3 Å². The molecule has 9 nitrogen and oxygen atoms in total. The highest BCUT2D eigenvalue weighted by atomic mass is 16.2. The van der Waals surface area contributed by atoms with E-state index < -0.39 is 0 Å². The number of carbonyl (C=O) groups excluding carboxylic acids is 1. The van der Waals surface area contributed by atoms with Crippen LogP contribution in [0.15, 0.2) is 30.6 Å². The SMILES string of the molecule is CNc1nc(Nc2cccc(CN3CCC(C)(C)CC3)c2)nc2c1ncn2C(=O)NC1CCC1. The van der Waals surface area contributed by atoms with E-state index in [0.29, 0.717) is 28.3 Å². The zero-order valence-electron chi connectivity index (χ0n) is 20.3. The molecule has 1 aliphatic carbocycles. The molecule has 34 heavy (non-hydrogen) atoms. The van der Waals surface area contributed by atoms with Gasteiger partial charge in [0.1, 0.15) is 6.33 Å². The lowest BCUT2D eigenvalue weighted by Gasteiger charge is -2.37. The van der Waals surface area contributed by atoms with Crippen molar-refractivity contribution in [1.82, 2.24) is 29.7 Å². The molecule has 0 spiro atoms. The van der Waals surface area contributed by atoms with Crippen LogP contribution in [0.2, 0.25) is 0 Å². The number of fused-ring (bicyclic) bond motifs is 1. The van der Waals surface area contributed by atoms with E-state index in [-0.39, 0.29) is 12.1 Å². The van der Waals surface area contributed by atoms with Crippen molar-refractivity contribution in [1.29, 1.82) is 0 Å². The summed E-state index contributed by atoms with van der Waals surface area (Å²) < 4.78 is 1.47. The van der Waals surface area contributed by atoms with Gasteiger partial charge in [0.15, 0.2) is 17.0 Å². The van der Waals surface area contributed by atoms with Crippen molar-refractivity contribution < 1.29 is 4.79 Å². The summed E-state index contributed by atoms with van der Waals surface area (Å²) in [6.45, 7) is 7.90. The van der Waals surface area contributed by atoms with E-state index in [4.69, 9.17) is 0 Å². The van der Waals surface area contributed by atoms with Crippen LogP contribution < -0.4 is 16.0 Å². The largest absolute Gasteiger partial charge is 0.371 e. The summed E-state index contributed by atoms with van der Waals surface area (Å²) in [6, 6.07) is 8.41. The maximum Gasteiger partial charge on any atom is 0.328 e. The summed E-state index contributed by atoms with van der Waals surface area (Å²) in [4.78, 5) is 28.9. The van der Waals surface area contributed by atoms with Gasteiger partial charge in [-0.1, -0.05) is 26.0 Å². The van der Waals surface area contributed by atoms with Crippen LogP contribution in [-0.4, -0.2) is 56.6 Å². The lowest BCUT2D eigenvalue weighted by atomic mass is 9.82. The fourth-order valence-electron chi connectivity index (χ4n) is 4.53. The van der Waals surface area contributed by atoms with Crippen LogP contribution in [0.1, 0.15) is 51.5 Å². The number of likely N-dealkylation sites (tertiary alicyclic amines) is 1. The predicted octanol–water partition coefficient (Wildman–Crippen LogP) is 4.34. The number of anilines is 3. The van der Waals surface area contributed by atoms with Crippen molar-refractivity contribution in [2.24, 2.45) is 5.41 Å². The number of imidazole rings is 1. The monoisotopic (exact) mass is 462 g/mol. The van der Waals surface area contributed by atoms with Crippen molar-refractivity contribution >= 4 is 34.6 Å². The molecule has 2 fully saturated rings. The number of hydrogen-bond acceptors (Lipinski definition) is 7. The Bertz CT molecular complexity index is 1170. The Kier molecular flexibility index (Phi) is 6.12. The number of nitrogens with one attached hydrogen (secondary N) is 3. The third-order valence-corrected chi connectivity index (χ3v) is 7.08.